The SMILES string of the molecule is Nc1nc(N)[nH+]c(N)n1.Nc1nc(N)nc(Nc2[nH+]c(N)nc(N)[nH+]2)n1.Nc1nc2[n+]3c(nc(N)nc3n1)NC([NH3+])N2. The average molecular weight is 587 g/mol. The van der Waals surface area contributed by atoms with Crippen LogP contribution in [0, 0.1) is 0 Å². The van der Waals surface area contributed by atoms with Crippen LogP contribution in [0.5, 0.6) is 0 Å². The minimum Gasteiger partial charge on any atom is -0.368 e. The van der Waals surface area contributed by atoms with Crippen molar-refractivity contribution in [2.45, 2.75) is 6.29 Å². The third kappa shape index (κ3) is 7.07. The lowest BCUT2D eigenvalue weighted by Gasteiger charge is -2.16. The number of nitrogens with zero attached hydrogens (tertiary/aromatic N) is 11. The Kier molecular flexibility index (Phi) is 7.56. The van der Waals surface area contributed by atoms with Gasteiger partial charge in [-0.25, -0.2) is 15.6 Å². The number of rotatable bonds is 2. The van der Waals surface area contributed by atoms with Crippen LogP contribution in [0.25, 0.3) is 5.78 Å². The molecule has 6 rings (SSSR count). The second kappa shape index (κ2) is 11.4. The largest absolute Gasteiger partial charge is 0.434 e. The van der Waals surface area contributed by atoms with Crippen molar-refractivity contribution in [3.05, 3.63) is 0 Å². The van der Waals surface area contributed by atoms with Crippen LogP contribution in [0.15, 0.2) is 0 Å². The molecule has 27 nitrogen and oxygen atoms in total. The normalized spacial score (nSPS) is 11.6. The molecule has 42 heavy (non-hydrogen) atoms. The van der Waals surface area contributed by atoms with Crippen molar-refractivity contribution in [2.24, 2.45) is 0 Å². The van der Waals surface area contributed by atoms with Gasteiger partial charge in [-0.05, 0) is 0 Å². The minimum absolute atomic E-state index is 0.00463. The highest BCUT2D eigenvalue weighted by atomic mass is 15.4. The molecule has 1 aliphatic rings. The summed E-state index contributed by atoms with van der Waals surface area (Å²) in [5.74, 6) is 2.64. The van der Waals surface area contributed by atoms with E-state index in [1.165, 1.54) is 0 Å². The fourth-order valence-electron chi connectivity index (χ4n) is 3.10. The molecule has 27 N–H and O–H groups in total. The van der Waals surface area contributed by atoms with Gasteiger partial charge in [-0.1, -0.05) is 9.97 Å². The van der Waals surface area contributed by atoms with Gasteiger partial charge in [0.05, 0.1) is 0 Å². The highest BCUT2D eigenvalue weighted by Crippen LogP contribution is 2.11. The molecule has 27 heteroatoms. The maximum atomic E-state index is 5.55. The van der Waals surface area contributed by atoms with Crippen LogP contribution in [0.1, 0.15) is 0 Å². The van der Waals surface area contributed by atoms with Crippen molar-refractivity contribution in [1.29, 1.82) is 0 Å². The Morgan fingerprint density at radius 3 is 1.45 bits per heavy atom. The minimum atomic E-state index is -0.271. The molecule has 5 aromatic rings. The number of hydrogen-bond acceptors (Lipinski definition) is 22. The first kappa shape index (κ1) is 28.0. The summed E-state index contributed by atoms with van der Waals surface area (Å²) in [7, 11) is 0. The average Bonchev–Trinajstić information content (AvgIpc) is 2.81. The fourth-order valence-corrected chi connectivity index (χ4v) is 3.10. The summed E-state index contributed by atoms with van der Waals surface area (Å²) in [5.41, 5.74) is 52.2. The lowest BCUT2D eigenvalue weighted by molar-refractivity contribution is -0.507. The molecule has 0 atom stereocenters. The number of anilines is 13. The Morgan fingerprint density at radius 2 is 0.976 bits per heavy atom. The number of nitrogens with one attached hydrogen (secondary N) is 6. The lowest BCUT2D eigenvalue weighted by Crippen LogP contribution is -2.72. The van der Waals surface area contributed by atoms with E-state index in [1.54, 1.807) is 4.40 Å². The second-order valence-electron chi connectivity index (χ2n) is 7.77. The van der Waals surface area contributed by atoms with Gasteiger partial charge in [0.15, 0.2) is 0 Å². The smallest absolute Gasteiger partial charge is 0.368 e. The standard InChI is InChI=1S/C6H9N11.C6H8N10.C3H6N6/c7-1-11-2(8)14-5(13-1)17-6-15-3(9)12-4(10)16-6;7-1-10-4-12-2(8)14-6-15-3(9)13-5(11-1)16(4)6;4-1-7-2(5)9-3(6)8-1/h(H9,7,8,9,10,11,12,13,14,15,16,17);1H,7H2,(H5,8,9,10,11,12,13,14,15);(H6,4,5,6,7,8,9)/p+5. The Labute approximate surface area is 232 Å². The van der Waals surface area contributed by atoms with E-state index in [9.17, 15) is 0 Å². The van der Waals surface area contributed by atoms with Gasteiger partial charge in [0.1, 0.15) is 0 Å². The number of aromatic amines is 3. The van der Waals surface area contributed by atoms with Crippen molar-refractivity contribution in [1.82, 2.24) is 49.8 Å². The lowest BCUT2D eigenvalue weighted by atomic mass is 10.6. The Hall–Kier alpha value is -7.06. The van der Waals surface area contributed by atoms with Crippen molar-refractivity contribution in [3.63, 3.8) is 0 Å². The summed E-state index contributed by atoms with van der Waals surface area (Å²) in [4.78, 5) is 45.8. The number of hydrogen-bond donors (Lipinski definition) is 13. The van der Waals surface area contributed by atoms with Crippen LogP contribution < -0.4 is 92.6 Å². The van der Waals surface area contributed by atoms with Crippen molar-refractivity contribution < 1.29 is 25.1 Å². The molecular formula is C15H28N27+5. The molecule has 0 amide bonds. The molecule has 0 bridgehead atoms. The summed E-state index contributed by atoms with van der Waals surface area (Å²) in [6.45, 7) is 0. The van der Waals surface area contributed by atoms with E-state index < -0.39 is 0 Å². The van der Waals surface area contributed by atoms with Crippen LogP contribution in [0.2, 0.25) is 0 Å². The molecule has 0 aromatic carbocycles. The van der Waals surface area contributed by atoms with E-state index in [1.807, 2.05) is 0 Å². The monoisotopic (exact) mass is 586 g/mol. The van der Waals surface area contributed by atoms with Crippen molar-refractivity contribution >= 4 is 83.1 Å². The van der Waals surface area contributed by atoms with Gasteiger partial charge < -0.3 is 51.6 Å². The van der Waals surface area contributed by atoms with Gasteiger partial charge in [-0.2, -0.15) is 34.6 Å². The molecule has 1 aliphatic heterocycles. The Morgan fingerprint density at radius 1 is 0.548 bits per heavy atom. The zero-order valence-electron chi connectivity index (χ0n) is 21.4. The van der Waals surface area contributed by atoms with Crippen molar-refractivity contribution in [2.75, 3.05) is 67.6 Å². The zero-order valence-corrected chi connectivity index (χ0v) is 21.4. The Bertz CT molecular complexity index is 1550. The van der Waals surface area contributed by atoms with Crippen LogP contribution in [-0.2, 0) is 0 Å². The number of nitrogen functional groups attached to an aromatic ring is 9. The first-order chi connectivity index (χ1) is 19.8. The van der Waals surface area contributed by atoms with E-state index >= 15 is 0 Å². The molecule has 0 fully saturated rings. The number of aromatic nitrogens is 14. The molecule has 0 unspecified atom stereocenters. The molecule has 0 spiro atoms. The van der Waals surface area contributed by atoms with Gasteiger partial charge in [-0.3, -0.25) is 5.73 Å². The molecule has 0 aliphatic carbocycles. The zero-order chi connectivity index (χ0) is 30.6. The maximum Gasteiger partial charge on any atom is 0.434 e. The number of nitrogens with two attached hydrogens (primary N) is 9. The fraction of sp³-hybridized carbons (Fsp3) is 0.0667. The second-order valence-corrected chi connectivity index (χ2v) is 7.77. The van der Waals surface area contributed by atoms with Gasteiger partial charge in [0.2, 0.25) is 11.9 Å². The predicted octanol–water partition coefficient (Wildman–Crippen LogP) is -8.46. The van der Waals surface area contributed by atoms with Gasteiger partial charge in [0, 0.05) is 4.98 Å². The summed E-state index contributed by atoms with van der Waals surface area (Å²) in [5, 5.41) is 8.68. The summed E-state index contributed by atoms with van der Waals surface area (Å²) >= 11 is 0. The highest BCUT2D eigenvalue weighted by Gasteiger charge is 2.28. The van der Waals surface area contributed by atoms with Crippen LogP contribution in [0.4, 0.5) is 77.3 Å². The highest BCUT2D eigenvalue weighted by molar-refractivity contribution is 5.44. The molecule has 218 valence electrons. The molecular weight excluding hydrogens is 558 g/mol. The van der Waals surface area contributed by atoms with Crippen LogP contribution in [0.3, 0.4) is 0 Å². The first-order valence-corrected chi connectivity index (χ1v) is 11.2. The van der Waals surface area contributed by atoms with E-state index in [4.69, 9.17) is 51.6 Å². The van der Waals surface area contributed by atoms with Gasteiger partial charge in [0.25, 0.3) is 18.2 Å². The quantitative estimate of drug-likeness (QED) is 0.0853. The van der Waals surface area contributed by atoms with Gasteiger partial charge in [-0.15, -0.1) is 19.9 Å². The summed E-state index contributed by atoms with van der Waals surface area (Å²) in [6.07, 6.45) is -0.271. The molecule has 5 aromatic heterocycles. The molecule has 0 radical (unpaired) electrons. The van der Waals surface area contributed by atoms with E-state index in [-0.39, 0.29) is 65.8 Å². The Balaban J connectivity index is 0.000000152. The number of H-pyrrole nitrogens is 3. The molecule has 0 saturated carbocycles. The van der Waals surface area contributed by atoms with E-state index in [0.717, 1.165) is 0 Å². The summed E-state index contributed by atoms with van der Waals surface area (Å²) in [6, 6.07) is 0. The topological polar surface area (TPSA) is 473 Å². The maximum absolute atomic E-state index is 5.55. The summed E-state index contributed by atoms with van der Waals surface area (Å²) < 4.78 is 1.58. The van der Waals surface area contributed by atoms with Crippen LogP contribution >= 0.6 is 0 Å². The first-order valence-electron chi connectivity index (χ1n) is 11.2. The van der Waals surface area contributed by atoms with Crippen molar-refractivity contribution in [3.8, 4) is 0 Å². The molecule has 0 saturated heterocycles. The predicted molar refractivity (Wildman–Crippen MR) is 143 cm³/mol. The molecule has 6 heterocycles. The van der Waals surface area contributed by atoms with Gasteiger partial charge >= 0.3 is 59.3 Å². The number of quaternary nitrogens is 1. The third-order valence-electron chi connectivity index (χ3n) is 4.48. The third-order valence-corrected chi connectivity index (χ3v) is 4.48. The van der Waals surface area contributed by atoms with E-state index in [2.05, 4.69) is 86.5 Å². The van der Waals surface area contributed by atoms with Crippen LogP contribution in [-0.4, -0.2) is 56.1 Å². The van der Waals surface area contributed by atoms with E-state index in [0.29, 0.717) is 23.6 Å².